The summed E-state index contributed by atoms with van der Waals surface area (Å²) in [6, 6.07) is 8.40. The van der Waals surface area contributed by atoms with E-state index >= 15 is 0 Å². The van der Waals surface area contributed by atoms with Gasteiger partial charge in [-0.25, -0.2) is 15.6 Å². The summed E-state index contributed by atoms with van der Waals surface area (Å²) >= 11 is 0. The molecule has 2 N–H and O–H groups in total. The molecule has 0 fully saturated rings. The van der Waals surface area contributed by atoms with Crippen LogP contribution in [0, 0.1) is 11.3 Å². The first kappa shape index (κ1) is 13.0. The fraction of sp³-hybridized carbons (Fsp3) is 0.333. The van der Waals surface area contributed by atoms with E-state index in [-0.39, 0.29) is 0 Å². The summed E-state index contributed by atoms with van der Waals surface area (Å²) < 4.78 is 5.11. The predicted octanol–water partition coefficient (Wildman–Crippen LogP) is 2.17. The summed E-state index contributed by atoms with van der Waals surface area (Å²) in [4.78, 5) is 11.7. The first-order valence-corrected chi connectivity index (χ1v) is 5.11. The number of benzene rings is 1. The summed E-state index contributed by atoms with van der Waals surface area (Å²) in [5.41, 5.74) is 0.237. The lowest BCUT2D eigenvalue weighted by molar-refractivity contribution is 0.0580. The fourth-order valence-corrected chi connectivity index (χ4v) is 1.14. The van der Waals surface area contributed by atoms with E-state index in [1.165, 1.54) is 6.07 Å². The number of hydrazine groups is 1. The van der Waals surface area contributed by atoms with Crippen molar-refractivity contribution < 1.29 is 9.53 Å². The lowest BCUT2D eigenvalue weighted by Gasteiger charge is -2.24. The number of hydrogen-bond donors (Lipinski definition) is 1. The molecule has 0 unspecified atom stereocenters. The molecule has 0 aliphatic rings. The molecule has 0 saturated carbocycles. The molecular formula is C12H15N3O2. The molecule has 1 aromatic rings. The highest BCUT2D eigenvalue weighted by atomic mass is 16.6. The van der Waals surface area contributed by atoms with Crippen LogP contribution in [-0.2, 0) is 4.74 Å². The minimum Gasteiger partial charge on any atom is -0.442 e. The fourth-order valence-electron chi connectivity index (χ4n) is 1.14. The van der Waals surface area contributed by atoms with Crippen LogP contribution in [0.2, 0.25) is 0 Å². The van der Waals surface area contributed by atoms with Crippen LogP contribution in [0.25, 0.3) is 0 Å². The number of nitriles is 1. The van der Waals surface area contributed by atoms with Crippen molar-refractivity contribution in [2.75, 3.05) is 5.01 Å². The van der Waals surface area contributed by atoms with Crippen molar-refractivity contribution in [3.8, 4) is 6.07 Å². The van der Waals surface area contributed by atoms with Crippen LogP contribution in [0.4, 0.5) is 10.5 Å². The zero-order chi connectivity index (χ0) is 13.1. The quantitative estimate of drug-likeness (QED) is 0.458. The van der Waals surface area contributed by atoms with Crippen LogP contribution in [-0.4, -0.2) is 11.7 Å². The maximum Gasteiger partial charge on any atom is 0.429 e. The van der Waals surface area contributed by atoms with Gasteiger partial charge in [0.1, 0.15) is 5.60 Å². The molecule has 0 spiro atoms. The third kappa shape index (κ3) is 3.78. The van der Waals surface area contributed by atoms with E-state index in [0.717, 1.165) is 5.01 Å². The third-order valence-corrected chi connectivity index (χ3v) is 1.84. The van der Waals surface area contributed by atoms with Crippen molar-refractivity contribution in [1.29, 1.82) is 5.26 Å². The van der Waals surface area contributed by atoms with Crippen LogP contribution < -0.4 is 10.9 Å². The molecule has 5 nitrogen and oxygen atoms in total. The van der Waals surface area contributed by atoms with Gasteiger partial charge in [0.2, 0.25) is 0 Å². The van der Waals surface area contributed by atoms with Gasteiger partial charge in [0, 0.05) is 0 Å². The van der Waals surface area contributed by atoms with Crippen LogP contribution >= 0.6 is 0 Å². The van der Waals surface area contributed by atoms with E-state index in [2.05, 4.69) is 0 Å². The number of nitrogens with zero attached hydrogens (tertiary/aromatic N) is 2. The molecule has 1 amide bonds. The van der Waals surface area contributed by atoms with Crippen LogP contribution in [0.3, 0.4) is 0 Å². The van der Waals surface area contributed by atoms with Crippen molar-refractivity contribution in [3.63, 3.8) is 0 Å². The maximum absolute atomic E-state index is 11.7. The Morgan fingerprint density at radius 2 is 2.12 bits per heavy atom. The van der Waals surface area contributed by atoms with Gasteiger partial charge in [-0.15, -0.1) is 0 Å². The Labute approximate surface area is 100 Å². The van der Waals surface area contributed by atoms with Gasteiger partial charge in [0.15, 0.2) is 0 Å². The van der Waals surface area contributed by atoms with Gasteiger partial charge < -0.3 is 4.74 Å². The summed E-state index contributed by atoms with van der Waals surface area (Å²) in [6.45, 7) is 5.26. The third-order valence-electron chi connectivity index (χ3n) is 1.84. The van der Waals surface area contributed by atoms with Gasteiger partial charge in [-0.05, 0) is 39.0 Å². The molecule has 5 heteroatoms. The van der Waals surface area contributed by atoms with Crippen molar-refractivity contribution in [3.05, 3.63) is 29.8 Å². The van der Waals surface area contributed by atoms with E-state index in [9.17, 15) is 4.79 Å². The predicted molar refractivity (Wildman–Crippen MR) is 64.1 cm³/mol. The average molecular weight is 233 g/mol. The molecule has 0 radical (unpaired) electrons. The normalized spacial score (nSPS) is 10.5. The number of carbonyl (C=O) groups excluding carboxylic acids is 1. The van der Waals surface area contributed by atoms with E-state index in [1.807, 2.05) is 6.07 Å². The second-order valence-electron chi connectivity index (χ2n) is 4.51. The number of anilines is 1. The van der Waals surface area contributed by atoms with Gasteiger partial charge in [-0.1, -0.05) is 6.07 Å². The largest absolute Gasteiger partial charge is 0.442 e. The second kappa shape index (κ2) is 4.85. The van der Waals surface area contributed by atoms with Crippen LogP contribution in [0.15, 0.2) is 24.3 Å². The summed E-state index contributed by atoms with van der Waals surface area (Å²) in [5.74, 6) is 5.62. The first-order chi connectivity index (χ1) is 7.83. The molecule has 0 aliphatic carbocycles. The Bertz CT molecular complexity index is 458. The lowest BCUT2D eigenvalue weighted by Crippen LogP contribution is -2.41. The zero-order valence-electron chi connectivity index (χ0n) is 10.1. The van der Waals surface area contributed by atoms with Crippen LogP contribution in [0.5, 0.6) is 0 Å². The highest BCUT2D eigenvalue weighted by molar-refractivity contribution is 5.86. The van der Waals surface area contributed by atoms with E-state index in [1.54, 1.807) is 39.0 Å². The minimum absolute atomic E-state index is 0.415. The van der Waals surface area contributed by atoms with Crippen molar-refractivity contribution in [2.45, 2.75) is 26.4 Å². The van der Waals surface area contributed by atoms with E-state index in [4.69, 9.17) is 15.8 Å². The zero-order valence-corrected chi connectivity index (χ0v) is 10.1. The SMILES string of the molecule is CC(C)(C)OC(=O)N(N)c1cccc(C#N)c1. The molecule has 17 heavy (non-hydrogen) atoms. The van der Waals surface area contributed by atoms with Crippen molar-refractivity contribution in [2.24, 2.45) is 5.84 Å². The summed E-state index contributed by atoms with van der Waals surface area (Å²) in [7, 11) is 0. The Hall–Kier alpha value is -2.06. The first-order valence-electron chi connectivity index (χ1n) is 5.11. The topological polar surface area (TPSA) is 79.3 Å². The molecule has 1 aromatic carbocycles. The van der Waals surface area contributed by atoms with Crippen molar-refractivity contribution >= 4 is 11.8 Å². The molecule has 0 aromatic heterocycles. The van der Waals surface area contributed by atoms with Gasteiger partial charge in [0.25, 0.3) is 0 Å². The number of rotatable bonds is 1. The Balaban J connectivity index is 2.86. The number of carbonyl (C=O) groups is 1. The Morgan fingerprint density at radius 3 is 2.65 bits per heavy atom. The molecular weight excluding hydrogens is 218 g/mol. The number of ether oxygens (including phenoxy) is 1. The number of amides is 1. The Morgan fingerprint density at radius 1 is 1.47 bits per heavy atom. The van der Waals surface area contributed by atoms with Gasteiger partial charge in [-0.3, -0.25) is 0 Å². The highest BCUT2D eigenvalue weighted by Gasteiger charge is 2.21. The summed E-state index contributed by atoms with van der Waals surface area (Å²) in [6.07, 6.45) is -0.660. The molecule has 0 saturated heterocycles. The smallest absolute Gasteiger partial charge is 0.429 e. The molecule has 0 heterocycles. The standard InChI is InChI=1S/C12H15N3O2/c1-12(2,3)17-11(16)15(14)10-6-4-5-9(7-10)8-13/h4-7H,14H2,1-3H3. The highest BCUT2D eigenvalue weighted by Crippen LogP contribution is 2.16. The number of nitrogens with two attached hydrogens (primary N) is 1. The van der Waals surface area contributed by atoms with Gasteiger partial charge in [-0.2, -0.15) is 5.26 Å². The minimum atomic E-state index is -0.660. The van der Waals surface area contributed by atoms with E-state index < -0.39 is 11.7 Å². The molecule has 0 bridgehead atoms. The lowest BCUT2D eigenvalue weighted by atomic mass is 10.2. The van der Waals surface area contributed by atoms with Gasteiger partial charge >= 0.3 is 6.09 Å². The molecule has 1 rings (SSSR count). The van der Waals surface area contributed by atoms with Crippen molar-refractivity contribution in [1.82, 2.24) is 0 Å². The van der Waals surface area contributed by atoms with Gasteiger partial charge in [0.05, 0.1) is 17.3 Å². The number of hydrogen-bond acceptors (Lipinski definition) is 4. The second-order valence-corrected chi connectivity index (χ2v) is 4.51. The molecule has 90 valence electrons. The average Bonchev–Trinajstić information content (AvgIpc) is 2.26. The Kier molecular flexibility index (Phi) is 3.71. The summed E-state index contributed by atoms with van der Waals surface area (Å²) in [5, 5.41) is 9.62. The van der Waals surface area contributed by atoms with Crippen LogP contribution in [0.1, 0.15) is 26.3 Å². The molecule has 0 atom stereocenters. The van der Waals surface area contributed by atoms with E-state index in [0.29, 0.717) is 11.3 Å². The molecule has 0 aliphatic heterocycles. The maximum atomic E-state index is 11.7. The monoisotopic (exact) mass is 233 g/mol.